The molecule has 2 aliphatic heterocycles. The Balaban J connectivity index is 1.39. The van der Waals surface area contributed by atoms with Gasteiger partial charge >= 0.3 is 0 Å². The number of nitrogens with two attached hydrogens (primary N) is 1. The summed E-state index contributed by atoms with van der Waals surface area (Å²) in [7, 11) is 0. The maximum Gasteiger partial charge on any atom is 0.254 e. The molecule has 0 saturated carbocycles. The van der Waals surface area contributed by atoms with E-state index in [0.29, 0.717) is 56.1 Å². The van der Waals surface area contributed by atoms with Crippen molar-refractivity contribution in [2.24, 2.45) is 0 Å². The minimum atomic E-state index is -0.414. The number of amides is 2. The predicted octanol–water partition coefficient (Wildman–Crippen LogP) is 1.42. The zero-order chi connectivity index (χ0) is 21.1. The van der Waals surface area contributed by atoms with Crippen LogP contribution in [-0.4, -0.2) is 74.0 Å². The molecule has 2 aliphatic rings. The molecule has 4 rings (SSSR count). The second-order valence-corrected chi connectivity index (χ2v) is 7.61. The molecular weight excluding hydrogens is 385 g/mol. The minimum absolute atomic E-state index is 0.000240. The van der Waals surface area contributed by atoms with E-state index >= 15 is 0 Å². The van der Waals surface area contributed by atoms with Crippen molar-refractivity contribution in [2.75, 3.05) is 63.0 Å². The predicted molar refractivity (Wildman–Crippen MR) is 114 cm³/mol. The van der Waals surface area contributed by atoms with Gasteiger partial charge in [0, 0.05) is 63.5 Å². The van der Waals surface area contributed by atoms with E-state index < -0.39 is 5.82 Å². The lowest BCUT2D eigenvalue weighted by molar-refractivity contribution is 0.0731. The van der Waals surface area contributed by atoms with Gasteiger partial charge in [-0.1, -0.05) is 6.07 Å². The quantitative estimate of drug-likeness (QED) is 0.747. The number of carbonyl (C=O) groups excluding carboxylic acids is 2. The third-order valence-corrected chi connectivity index (χ3v) is 5.66. The van der Waals surface area contributed by atoms with Crippen LogP contribution in [0.15, 0.2) is 42.5 Å². The maximum atomic E-state index is 13.4. The fourth-order valence-corrected chi connectivity index (χ4v) is 3.98. The number of piperazine rings is 2. The summed E-state index contributed by atoms with van der Waals surface area (Å²) < 4.78 is 13.4. The fraction of sp³-hybridized carbons (Fsp3) is 0.364. The lowest BCUT2D eigenvalue weighted by Gasteiger charge is -2.36. The second kappa shape index (κ2) is 8.71. The number of rotatable bonds is 3. The van der Waals surface area contributed by atoms with E-state index in [1.807, 2.05) is 17.0 Å². The van der Waals surface area contributed by atoms with Crippen LogP contribution in [0.25, 0.3) is 0 Å². The molecule has 2 aromatic rings. The molecule has 2 aromatic carbocycles. The zero-order valence-corrected chi connectivity index (χ0v) is 16.8. The smallest absolute Gasteiger partial charge is 0.254 e. The number of nitrogen functional groups attached to an aromatic ring is 1. The van der Waals surface area contributed by atoms with E-state index in [0.717, 1.165) is 18.8 Å². The van der Waals surface area contributed by atoms with Crippen molar-refractivity contribution in [1.82, 2.24) is 15.1 Å². The molecule has 0 atom stereocenters. The molecule has 2 saturated heterocycles. The molecule has 0 unspecified atom stereocenters. The third-order valence-electron chi connectivity index (χ3n) is 5.66. The van der Waals surface area contributed by atoms with Crippen molar-refractivity contribution in [1.29, 1.82) is 0 Å². The van der Waals surface area contributed by atoms with Gasteiger partial charge in [0.1, 0.15) is 5.82 Å². The van der Waals surface area contributed by atoms with Gasteiger partial charge in [0.2, 0.25) is 0 Å². The van der Waals surface area contributed by atoms with Crippen molar-refractivity contribution in [2.45, 2.75) is 0 Å². The SMILES string of the molecule is Nc1cc(C(=O)N2CCNCC2)ccc1N1CCN(C(=O)c2cccc(F)c2)CC1. The average Bonchev–Trinajstić information content (AvgIpc) is 2.79. The first-order chi connectivity index (χ1) is 14.5. The summed E-state index contributed by atoms with van der Waals surface area (Å²) in [4.78, 5) is 31.0. The largest absolute Gasteiger partial charge is 0.397 e. The number of halogens is 1. The number of benzene rings is 2. The summed E-state index contributed by atoms with van der Waals surface area (Å²) in [6, 6.07) is 11.2. The number of anilines is 2. The van der Waals surface area contributed by atoms with Gasteiger partial charge in [-0.05, 0) is 36.4 Å². The highest BCUT2D eigenvalue weighted by Gasteiger charge is 2.24. The van der Waals surface area contributed by atoms with Crippen molar-refractivity contribution in [3.8, 4) is 0 Å². The van der Waals surface area contributed by atoms with Gasteiger partial charge < -0.3 is 25.8 Å². The van der Waals surface area contributed by atoms with Gasteiger partial charge in [-0.2, -0.15) is 0 Å². The van der Waals surface area contributed by atoms with Gasteiger partial charge in [0.25, 0.3) is 11.8 Å². The molecule has 2 amide bonds. The van der Waals surface area contributed by atoms with Crippen LogP contribution < -0.4 is 16.0 Å². The van der Waals surface area contributed by atoms with Gasteiger partial charge in [0.15, 0.2) is 0 Å². The standard InChI is InChI=1S/C22H26FN5O2/c23-18-3-1-2-16(14-18)21(29)28-12-10-26(11-13-28)20-5-4-17(15-19(20)24)22(30)27-8-6-25-7-9-27/h1-5,14-15,25H,6-13,24H2. The Bertz CT molecular complexity index is 937. The van der Waals surface area contributed by atoms with E-state index in [1.54, 1.807) is 23.1 Å². The number of carbonyl (C=O) groups is 2. The Morgan fingerprint density at radius 1 is 0.833 bits per heavy atom. The van der Waals surface area contributed by atoms with E-state index in [-0.39, 0.29) is 11.8 Å². The summed E-state index contributed by atoms with van der Waals surface area (Å²) in [6.45, 7) is 5.29. The van der Waals surface area contributed by atoms with Gasteiger partial charge in [-0.3, -0.25) is 9.59 Å². The molecule has 0 bridgehead atoms. The molecule has 0 aliphatic carbocycles. The first kappa shape index (κ1) is 20.2. The molecule has 0 aromatic heterocycles. The fourth-order valence-electron chi connectivity index (χ4n) is 3.98. The van der Waals surface area contributed by atoms with Crippen LogP contribution in [0.4, 0.5) is 15.8 Å². The lowest BCUT2D eigenvalue weighted by Crippen LogP contribution is -2.49. The van der Waals surface area contributed by atoms with Crippen molar-refractivity contribution in [3.05, 3.63) is 59.4 Å². The van der Waals surface area contributed by atoms with E-state index in [2.05, 4.69) is 10.2 Å². The normalized spacial score (nSPS) is 17.2. The Hall–Kier alpha value is -3.13. The third kappa shape index (κ3) is 4.23. The van der Waals surface area contributed by atoms with Gasteiger partial charge in [0.05, 0.1) is 11.4 Å². The highest BCUT2D eigenvalue weighted by atomic mass is 19.1. The van der Waals surface area contributed by atoms with Gasteiger partial charge in [-0.25, -0.2) is 4.39 Å². The monoisotopic (exact) mass is 411 g/mol. The van der Waals surface area contributed by atoms with Crippen LogP contribution in [0.1, 0.15) is 20.7 Å². The van der Waals surface area contributed by atoms with Crippen LogP contribution in [0.2, 0.25) is 0 Å². The second-order valence-electron chi connectivity index (χ2n) is 7.61. The first-order valence-corrected chi connectivity index (χ1v) is 10.2. The summed E-state index contributed by atoms with van der Waals surface area (Å²) in [5, 5.41) is 3.24. The summed E-state index contributed by atoms with van der Waals surface area (Å²) in [5.74, 6) is -0.581. The highest BCUT2D eigenvalue weighted by Crippen LogP contribution is 2.26. The summed E-state index contributed by atoms with van der Waals surface area (Å²) in [6.07, 6.45) is 0. The Morgan fingerprint density at radius 2 is 1.47 bits per heavy atom. The maximum absolute atomic E-state index is 13.4. The molecule has 0 spiro atoms. The molecule has 2 heterocycles. The number of nitrogens with one attached hydrogen (secondary N) is 1. The first-order valence-electron chi connectivity index (χ1n) is 10.2. The number of hydrogen-bond acceptors (Lipinski definition) is 5. The summed E-state index contributed by atoms with van der Waals surface area (Å²) >= 11 is 0. The number of nitrogens with zero attached hydrogens (tertiary/aromatic N) is 3. The molecule has 7 nitrogen and oxygen atoms in total. The molecular formula is C22H26FN5O2. The highest BCUT2D eigenvalue weighted by molar-refractivity contribution is 5.96. The van der Waals surface area contributed by atoms with Crippen molar-refractivity contribution < 1.29 is 14.0 Å². The molecule has 2 fully saturated rings. The average molecular weight is 411 g/mol. The molecule has 30 heavy (non-hydrogen) atoms. The van der Waals surface area contributed by atoms with Crippen LogP contribution in [-0.2, 0) is 0 Å². The molecule has 3 N–H and O–H groups in total. The summed E-state index contributed by atoms with van der Waals surface area (Å²) in [5.41, 5.74) is 8.65. The zero-order valence-electron chi connectivity index (χ0n) is 16.8. The minimum Gasteiger partial charge on any atom is -0.397 e. The van der Waals surface area contributed by atoms with E-state index in [9.17, 15) is 14.0 Å². The molecule has 8 heteroatoms. The number of hydrogen-bond donors (Lipinski definition) is 2. The van der Waals surface area contributed by atoms with Crippen LogP contribution in [0.3, 0.4) is 0 Å². The molecule has 158 valence electrons. The van der Waals surface area contributed by atoms with Crippen molar-refractivity contribution in [3.63, 3.8) is 0 Å². The topological polar surface area (TPSA) is 81.9 Å². The van der Waals surface area contributed by atoms with E-state index in [4.69, 9.17) is 5.73 Å². The Morgan fingerprint density at radius 3 is 2.10 bits per heavy atom. The van der Waals surface area contributed by atoms with Gasteiger partial charge in [-0.15, -0.1) is 0 Å². The van der Waals surface area contributed by atoms with Crippen LogP contribution in [0.5, 0.6) is 0 Å². The Labute approximate surface area is 175 Å². The molecule has 0 radical (unpaired) electrons. The Kier molecular flexibility index (Phi) is 5.85. The lowest BCUT2D eigenvalue weighted by atomic mass is 10.1. The van der Waals surface area contributed by atoms with E-state index in [1.165, 1.54) is 12.1 Å². The van der Waals surface area contributed by atoms with Crippen molar-refractivity contribution >= 4 is 23.2 Å². The van der Waals surface area contributed by atoms with Crippen LogP contribution >= 0.6 is 0 Å². The van der Waals surface area contributed by atoms with Crippen LogP contribution in [0, 0.1) is 5.82 Å².